The molecule has 12 heavy (non-hydrogen) atoms. The minimum absolute atomic E-state index is 0.273. The summed E-state index contributed by atoms with van der Waals surface area (Å²) in [6.07, 6.45) is 1.82. The molecule has 0 aliphatic heterocycles. The lowest BCUT2D eigenvalue weighted by Crippen LogP contribution is -2.51. The number of carbonyl (C=O) groups is 1. The zero-order valence-corrected chi connectivity index (χ0v) is 8.48. The Labute approximate surface area is 74.7 Å². The van der Waals surface area contributed by atoms with Gasteiger partial charge in [0.05, 0.1) is 5.54 Å². The Morgan fingerprint density at radius 1 is 1.58 bits per heavy atom. The van der Waals surface area contributed by atoms with Gasteiger partial charge in [0.1, 0.15) is 0 Å². The normalized spacial score (nSPS) is 16.1. The Kier molecular flexibility index (Phi) is 4.24. The molecule has 0 radical (unpaired) electrons. The van der Waals surface area contributed by atoms with Crippen molar-refractivity contribution < 1.29 is 4.79 Å². The summed E-state index contributed by atoms with van der Waals surface area (Å²) in [6.45, 7) is 6.12. The zero-order chi connectivity index (χ0) is 9.78. The molecule has 0 bridgehead atoms. The molecule has 3 nitrogen and oxygen atoms in total. The Balaban J connectivity index is 4.06. The molecular formula is C9H20N2O. The number of hydrogen-bond donors (Lipinski definition) is 2. The monoisotopic (exact) mass is 172 g/mol. The van der Waals surface area contributed by atoms with Crippen molar-refractivity contribution in [3.05, 3.63) is 0 Å². The third kappa shape index (κ3) is 3.22. The van der Waals surface area contributed by atoms with Gasteiger partial charge in [-0.1, -0.05) is 13.8 Å². The van der Waals surface area contributed by atoms with Gasteiger partial charge in [0, 0.05) is 0 Å². The Hall–Kier alpha value is -0.570. The van der Waals surface area contributed by atoms with E-state index in [9.17, 15) is 4.79 Å². The van der Waals surface area contributed by atoms with Crippen molar-refractivity contribution in [2.45, 2.75) is 39.2 Å². The number of likely N-dealkylation sites (N-methyl/N-ethyl adjacent to an activating group) is 1. The molecule has 1 unspecified atom stereocenters. The van der Waals surface area contributed by atoms with E-state index in [2.05, 4.69) is 19.2 Å². The molecule has 0 heterocycles. The Morgan fingerprint density at radius 2 is 2.08 bits per heavy atom. The van der Waals surface area contributed by atoms with Gasteiger partial charge in [-0.2, -0.15) is 0 Å². The third-order valence-corrected chi connectivity index (χ3v) is 2.32. The molecular weight excluding hydrogens is 152 g/mol. The van der Waals surface area contributed by atoms with Gasteiger partial charge in [-0.3, -0.25) is 4.79 Å². The quantitative estimate of drug-likeness (QED) is 0.647. The van der Waals surface area contributed by atoms with Crippen molar-refractivity contribution in [2.75, 3.05) is 7.05 Å². The number of amides is 1. The number of rotatable bonds is 5. The van der Waals surface area contributed by atoms with E-state index >= 15 is 0 Å². The smallest absolute Gasteiger partial charge is 0.237 e. The van der Waals surface area contributed by atoms with Crippen LogP contribution in [0.4, 0.5) is 0 Å². The van der Waals surface area contributed by atoms with Crippen LogP contribution in [-0.2, 0) is 4.79 Å². The Bertz CT molecular complexity index is 157. The van der Waals surface area contributed by atoms with Crippen molar-refractivity contribution >= 4 is 5.91 Å². The number of carbonyl (C=O) groups excluding carboxylic acids is 1. The fraction of sp³-hybridized carbons (Fsp3) is 0.889. The van der Waals surface area contributed by atoms with Crippen molar-refractivity contribution in [3.63, 3.8) is 0 Å². The average molecular weight is 172 g/mol. The average Bonchev–Trinajstić information content (AvgIpc) is 1.99. The molecule has 0 spiro atoms. The minimum atomic E-state index is -0.537. The van der Waals surface area contributed by atoms with Crippen LogP contribution in [0, 0.1) is 5.92 Å². The maximum absolute atomic E-state index is 11.0. The first kappa shape index (κ1) is 11.4. The summed E-state index contributed by atoms with van der Waals surface area (Å²) >= 11 is 0. The lowest BCUT2D eigenvalue weighted by Gasteiger charge is -2.26. The maximum atomic E-state index is 11.0. The molecule has 1 amide bonds. The number of hydrogen-bond acceptors (Lipinski definition) is 2. The van der Waals surface area contributed by atoms with Crippen LogP contribution in [0.3, 0.4) is 0 Å². The lowest BCUT2D eigenvalue weighted by atomic mass is 9.91. The summed E-state index contributed by atoms with van der Waals surface area (Å²) in [5, 5.41) is 2.96. The van der Waals surface area contributed by atoms with Crippen LogP contribution in [0.15, 0.2) is 0 Å². The highest BCUT2D eigenvalue weighted by Crippen LogP contribution is 2.15. The van der Waals surface area contributed by atoms with Crippen LogP contribution < -0.4 is 11.1 Å². The fourth-order valence-corrected chi connectivity index (χ4v) is 0.949. The first-order chi connectivity index (χ1) is 5.42. The van der Waals surface area contributed by atoms with Crippen molar-refractivity contribution in [3.8, 4) is 0 Å². The van der Waals surface area contributed by atoms with Crippen molar-refractivity contribution in [1.29, 1.82) is 0 Å². The van der Waals surface area contributed by atoms with E-state index in [0.29, 0.717) is 5.92 Å². The highest BCUT2D eigenvalue weighted by atomic mass is 16.1. The summed E-state index contributed by atoms with van der Waals surface area (Å²) in [5.74, 6) is 0.336. The lowest BCUT2D eigenvalue weighted by molar-refractivity contribution is -0.123. The van der Waals surface area contributed by atoms with Crippen LogP contribution in [0.25, 0.3) is 0 Å². The fourth-order valence-electron chi connectivity index (χ4n) is 0.949. The zero-order valence-electron chi connectivity index (χ0n) is 8.48. The van der Waals surface area contributed by atoms with E-state index in [0.717, 1.165) is 12.8 Å². The topological polar surface area (TPSA) is 55.1 Å². The second-order valence-electron chi connectivity index (χ2n) is 3.88. The van der Waals surface area contributed by atoms with Crippen LogP contribution in [0.1, 0.15) is 33.6 Å². The van der Waals surface area contributed by atoms with E-state index in [1.165, 1.54) is 0 Å². The number of primary amides is 1. The van der Waals surface area contributed by atoms with Gasteiger partial charge < -0.3 is 11.1 Å². The van der Waals surface area contributed by atoms with Gasteiger partial charge in [0.25, 0.3) is 0 Å². The molecule has 0 aromatic rings. The third-order valence-electron chi connectivity index (χ3n) is 2.32. The number of nitrogens with two attached hydrogens (primary N) is 1. The first-order valence-electron chi connectivity index (χ1n) is 4.41. The summed E-state index contributed by atoms with van der Waals surface area (Å²) in [4.78, 5) is 11.0. The summed E-state index contributed by atoms with van der Waals surface area (Å²) < 4.78 is 0. The molecule has 0 aromatic heterocycles. The van der Waals surface area contributed by atoms with E-state index in [-0.39, 0.29) is 5.91 Å². The van der Waals surface area contributed by atoms with Gasteiger partial charge >= 0.3 is 0 Å². The van der Waals surface area contributed by atoms with Gasteiger partial charge in [-0.25, -0.2) is 0 Å². The molecule has 0 fully saturated rings. The predicted octanol–water partition coefficient (Wildman–Crippen LogP) is 0.886. The van der Waals surface area contributed by atoms with Crippen LogP contribution in [0.2, 0.25) is 0 Å². The second kappa shape index (κ2) is 4.45. The molecule has 0 aliphatic rings. The number of nitrogens with one attached hydrogen (secondary N) is 1. The van der Waals surface area contributed by atoms with Gasteiger partial charge in [-0.05, 0) is 32.7 Å². The molecule has 0 saturated heterocycles. The molecule has 72 valence electrons. The highest BCUT2D eigenvalue weighted by molar-refractivity contribution is 5.84. The largest absolute Gasteiger partial charge is 0.368 e. The standard InChI is InChI=1S/C9H20N2O/c1-7(2)5-6-9(3,11-4)8(10)12/h7,11H,5-6H2,1-4H3,(H2,10,12). The van der Waals surface area contributed by atoms with Crippen molar-refractivity contribution in [2.24, 2.45) is 11.7 Å². The van der Waals surface area contributed by atoms with Crippen molar-refractivity contribution in [1.82, 2.24) is 5.32 Å². The second-order valence-corrected chi connectivity index (χ2v) is 3.88. The van der Waals surface area contributed by atoms with Gasteiger partial charge in [-0.15, -0.1) is 0 Å². The van der Waals surface area contributed by atoms with E-state index in [4.69, 9.17) is 5.73 Å². The van der Waals surface area contributed by atoms with Crippen LogP contribution >= 0.6 is 0 Å². The minimum Gasteiger partial charge on any atom is -0.368 e. The van der Waals surface area contributed by atoms with E-state index in [1.807, 2.05) is 6.92 Å². The predicted molar refractivity (Wildman–Crippen MR) is 50.7 cm³/mol. The highest BCUT2D eigenvalue weighted by Gasteiger charge is 2.28. The summed E-state index contributed by atoms with van der Waals surface area (Å²) in [5.41, 5.74) is 4.73. The van der Waals surface area contributed by atoms with Gasteiger partial charge in [0.15, 0.2) is 0 Å². The molecule has 3 N–H and O–H groups in total. The summed E-state index contributed by atoms with van der Waals surface area (Å²) in [6, 6.07) is 0. The molecule has 0 aliphatic carbocycles. The van der Waals surface area contributed by atoms with Gasteiger partial charge in [0.2, 0.25) is 5.91 Å². The maximum Gasteiger partial charge on any atom is 0.237 e. The Morgan fingerprint density at radius 3 is 2.33 bits per heavy atom. The first-order valence-corrected chi connectivity index (χ1v) is 4.41. The van der Waals surface area contributed by atoms with E-state index < -0.39 is 5.54 Å². The molecule has 0 rings (SSSR count). The SMILES string of the molecule is CNC(C)(CCC(C)C)C(N)=O. The van der Waals surface area contributed by atoms with E-state index in [1.54, 1.807) is 7.05 Å². The van der Waals surface area contributed by atoms with Crippen LogP contribution in [0.5, 0.6) is 0 Å². The molecule has 3 heteroatoms. The molecule has 0 saturated carbocycles. The molecule has 0 aromatic carbocycles. The molecule has 1 atom stereocenters. The van der Waals surface area contributed by atoms with Crippen LogP contribution in [-0.4, -0.2) is 18.5 Å². The summed E-state index contributed by atoms with van der Waals surface area (Å²) in [7, 11) is 1.77.